The van der Waals surface area contributed by atoms with E-state index in [4.69, 9.17) is 5.11 Å². The number of aromatic nitrogens is 2. The Morgan fingerprint density at radius 2 is 1.24 bits per heavy atom. The number of ketones is 1. The van der Waals surface area contributed by atoms with E-state index >= 15 is 0 Å². The third-order valence-electron chi connectivity index (χ3n) is 5.15. The predicted octanol–water partition coefficient (Wildman–Crippen LogP) is 3.83. The van der Waals surface area contributed by atoms with Crippen molar-refractivity contribution < 1.29 is 9.90 Å². The number of carbonyl (C=O) groups excluding carboxylic acids is 1. The Kier molecular flexibility index (Phi) is 5.36. The average molecular weight is 382 g/mol. The molecule has 0 aliphatic rings. The smallest absolute Gasteiger partial charge is 0.164 e. The number of rotatable bonds is 7. The van der Waals surface area contributed by atoms with E-state index in [1.165, 1.54) is 0 Å². The Morgan fingerprint density at radius 1 is 0.793 bits per heavy atom. The quantitative estimate of drug-likeness (QED) is 0.494. The standard InChI is InChI=1S/C25H22N2O2/c28-18-24(29)16-23-17-27(19-26-23)25(20-10-4-1-5-11-20,21-12-6-2-7-13-21)22-14-8-3-9-15-22/h1-15,17,19,28H,16,18H2. The third kappa shape index (κ3) is 3.50. The summed E-state index contributed by atoms with van der Waals surface area (Å²) in [5, 5.41) is 9.11. The summed E-state index contributed by atoms with van der Waals surface area (Å²) in [6.07, 6.45) is 3.78. The van der Waals surface area contributed by atoms with Gasteiger partial charge >= 0.3 is 0 Å². The first-order chi connectivity index (χ1) is 14.2. The summed E-state index contributed by atoms with van der Waals surface area (Å²) in [7, 11) is 0. The van der Waals surface area contributed by atoms with Crippen LogP contribution in [0.4, 0.5) is 0 Å². The van der Waals surface area contributed by atoms with Crippen molar-refractivity contribution in [3.63, 3.8) is 0 Å². The maximum atomic E-state index is 11.8. The zero-order chi connectivity index (χ0) is 20.1. The molecule has 29 heavy (non-hydrogen) atoms. The van der Waals surface area contributed by atoms with Crippen LogP contribution in [0.3, 0.4) is 0 Å². The molecule has 3 aromatic carbocycles. The molecule has 1 aromatic heterocycles. The molecule has 144 valence electrons. The van der Waals surface area contributed by atoms with E-state index in [9.17, 15) is 4.79 Å². The number of benzene rings is 3. The van der Waals surface area contributed by atoms with Crippen molar-refractivity contribution in [2.45, 2.75) is 12.0 Å². The number of aliphatic hydroxyl groups is 1. The van der Waals surface area contributed by atoms with Crippen molar-refractivity contribution in [1.82, 2.24) is 9.55 Å². The van der Waals surface area contributed by atoms with Gasteiger partial charge in [-0.05, 0) is 16.7 Å². The molecule has 1 heterocycles. The van der Waals surface area contributed by atoms with Gasteiger partial charge in [0.25, 0.3) is 0 Å². The highest BCUT2D eigenvalue weighted by Gasteiger charge is 2.38. The Hall–Kier alpha value is -3.50. The first kappa shape index (κ1) is 18.8. The van der Waals surface area contributed by atoms with Gasteiger partial charge < -0.3 is 9.67 Å². The van der Waals surface area contributed by atoms with E-state index in [0.717, 1.165) is 16.7 Å². The summed E-state index contributed by atoms with van der Waals surface area (Å²) in [5.41, 5.74) is 3.27. The maximum Gasteiger partial charge on any atom is 0.164 e. The van der Waals surface area contributed by atoms with Crippen molar-refractivity contribution in [3.05, 3.63) is 126 Å². The highest BCUT2D eigenvalue weighted by Crippen LogP contribution is 2.40. The van der Waals surface area contributed by atoms with Gasteiger partial charge in [-0.25, -0.2) is 4.98 Å². The molecule has 1 N–H and O–H groups in total. The van der Waals surface area contributed by atoms with Crippen LogP contribution in [0.15, 0.2) is 104 Å². The monoisotopic (exact) mass is 382 g/mol. The molecule has 4 rings (SSSR count). The summed E-state index contributed by atoms with van der Waals surface area (Å²) in [6.45, 7) is -0.478. The van der Waals surface area contributed by atoms with E-state index in [-0.39, 0.29) is 12.2 Å². The predicted molar refractivity (Wildman–Crippen MR) is 113 cm³/mol. The summed E-state index contributed by atoms with van der Waals surface area (Å²) in [4.78, 5) is 16.2. The summed E-state index contributed by atoms with van der Waals surface area (Å²) >= 11 is 0. The second kappa shape index (κ2) is 8.25. The fourth-order valence-corrected chi connectivity index (χ4v) is 3.88. The number of carbonyl (C=O) groups is 1. The lowest BCUT2D eigenvalue weighted by Crippen LogP contribution is -2.36. The van der Waals surface area contributed by atoms with E-state index in [1.54, 1.807) is 6.33 Å². The van der Waals surface area contributed by atoms with Gasteiger partial charge in [0, 0.05) is 6.20 Å². The molecule has 0 aliphatic heterocycles. The third-order valence-corrected chi connectivity index (χ3v) is 5.15. The molecule has 4 nitrogen and oxygen atoms in total. The SMILES string of the molecule is O=C(CO)Cc1cn(C(c2ccccc2)(c2ccccc2)c2ccccc2)cn1. The number of hydrogen-bond donors (Lipinski definition) is 1. The Labute approximate surface area is 170 Å². The summed E-state index contributed by atoms with van der Waals surface area (Å²) < 4.78 is 2.06. The van der Waals surface area contributed by atoms with Gasteiger partial charge in [-0.3, -0.25) is 4.79 Å². The van der Waals surface area contributed by atoms with Crippen molar-refractivity contribution in [2.75, 3.05) is 6.61 Å². The zero-order valence-electron chi connectivity index (χ0n) is 16.0. The topological polar surface area (TPSA) is 55.1 Å². The fraction of sp³-hybridized carbons (Fsp3) is 0.120. The van der Waals surface area contributed by atoms with Crippen molar-refractivity contribution in [1.29, 1.82) is 0 Å². The Balaban J connectivity index is 2.00. The Morgan fingerprint density at radius 3 is 1.66 bits per heavy atom. The maximum absolute atomic E-state index is 11.8. The van der Waals surface area contributed by atoms with Crippen LogP contribution < -0.4 is 0 Å². The minimum absolute atomic E-state index is 0.109. The lowest BCUT2D eigenvalue weighted by Gasteiger charge is -2.37. The van der Waals surface area contributed by atoms with Gasteiger partial charge in [-0.15, -0.1) is 0 Å². The number of imidazole rings is 1. The van der Waals surface area contributed by atoms with E-state index < -0.39 is 12.1 Å². The second-order valence-corrected chi connectivity index (χ2v) is 6.95. The Bertz CT molecular complexity index is 977. The highest BCUT2D eigenvalue weighted by atomic mass is 16.3. The van der Waals surface area contributed by atoms with Gasteiger partial charge in [0.2, 0.25) is 0 Å². The van der Waals surface area contributed by atoms with Gasteiger partial charge in [-0.1, -0.05) is 91.0 Å². The first-order valence-corrected chi connectivity index (χ1v) is 9.57. The molecule has 0 aliphatic carbocycles. The lowest BCUT2D eigenvalue weighted by molar-refractivity contribution is -0.121. The summed E-state index contributed by atoms with van der Waals surface area (Å²) in [5.74, 6) is -0.250. The van der Waals surface area contributed by atoms with Gasteiger partial charge in [0.15, 0.2) is 5.78 Å². The minimum Gasteiger partial charge on any atom is -0.389 e. The molecule has 0 saturated heterocycles. The van der Waals surface area contributed by atoms with E-state index in [2.05, 4.69) is 45.9 Å². The van der Waals surface area contributed by atoms with Gasteiger partial charge in [-0.2, -0.15) is 0 Å². The van der Waals surface area contributed by atoms with E-state index in [1.807, 2.05) is 60.8 Å². The molecule has 4 heteroatoms. The molecule has 0 spiro atoms. The number of Topliss-reactive ketones (excluding diaryl/α,β-unsaturated/α-hetero) is 1. The van der Waals surface area contributed by atoms with Gasteiger partial charge in [0.05, 0.1) is 18.4 Å². The van der Waals surface area contributed by atoms with Gasteiger partial charge in [0.1, 0.15) is 12.1 Å². The molecule has 0 fully saturated rings. The molecular formula is C25H22N2O2. The van der Waals surface area contributed by atoms with Crippen LogP contribution in [0.25, 0.3) is 0 Å². The van der Waals surface area contributed by atoms with Crippen LogP contribution in [0, 0.1) is 0 Å². The molecule has 0 unspecified atom stereocenters. The number of nitrogens with zero attached hydrogens (tertiary/aromatic N) is 2. The van der Waals surface area contributed by atoms with Crippen LogP contribution in [0.2, 0.25) is 0 Å². The average Bonchev–Trinajstić information content (AvgIpc) is 3.25. The molecule has 0 atom stereocenters. The second-order valence-electron chi connectivity index (χ2n) is 6.95. The van der Waals surface area contributed by atoms with Crippen molar-refractivity contribution in [3.8, 4) is 0 Å². The van der Waals surface area contributed by atoms with Crippen LogP contribution in [0.1, 0.15) is 22.4 Å². The molecule has 4 aromatic rings. The highest BCUT2D eigenvalue weighted by molar-refractivity contribution is 5.81. The van der Waals surface area contributed by atoms with Crippen LogP contribution >= 0.6 is 0 Å². The fourth-order valence-electron chi connectivity index (χ4n) is 3.88. The normalized spacial score (nSPS) is 11.3. The van der Waals surface area contributed by atoms with Crippen molar-refractivity contribution in [2.24, 2.45) is 0 Å². The molecule has 0 saturated carbocycles. The van der Waals surface area contributed by atoms with Crippen molar-refractivity contribution >= 4 is 5.78 Å². The number of hydrogen-bond acceptors (Lipinski definition) is 3. The molecule has 0 bridgehead atoms. The zero-order valence-corrected chi connectivity index (χ0v) is 16.0. The minimum atomic E-state index is -0.642. The number of aliphatic hydroxyl groups excluding tert-OH is 1. The molecule has 0 radical (unpaired) electrons. The lowest BCUT2D eigenvalue weighted by atomic mass is 9.77. The molecular weight excluding hydrogens is 360 g/mol. The van der Waals surface area contributed by atoms with Crippen LogP contribution in [-0.4, -0.2) is 27.0 Å². The molecule has 0 amide bonds. The van der Waals surface area contributed by atoms with Crippen LogP contribution in [-0.2, 0) is 16.8 Å². The first-order valence-electron chi connectivity index (χ1n) is 9.57. The summed E-state index contributed by atoms with van der Waals surface area (Å²) in [6, 6.07) is 30.9. The van der Waals surface area contributed by atoms with Crippen LogP contribution in [0.5, 0.6) is 0 Å². The largest absolute Gasteiger partial charge is 0.389 e. The van der Waals surface area contributed by atoms with E-state index in [0.29, 0.717) is 5.69 Å².